The molecule has 0 aliphatic heterocycles. The number of pyridine rings is 3. The Hall–Kier alpha value is -3.26. The maximum atomic E-state index is 12.8. The van der Waals surface area contributed by atoms with E-state index in [1.54, 1.807) is 30.1 Å². The fourth-order valence-electron chi connectivity index (χ4n) is 4.14. The molecule has 1 aliphatic carbocycles. The van der Waals surface area contributed by atoms with Crippen molar-refractivity contribution in [2.24, 2.45) is 0 Å². The van der Waals surface area contributed by atoms with Gasteiger partial charge in [0.1, 0.15) is 5.52 Å². The van der Waals surface area contributed by atoms with Gasteiger partial charge in [-0.1, -0.05) is 0 Å². The summed E-state index contributed by atoms with van der Waals surface area (Å²) in [7, 11) is 1.58. The Balaban J connectivity index is 1.69. The van der Waals surface area contributed by atoms with E-state index in [1.807, 2.05) is 18.2 Å². The van der Waals surface area contributed by atoms with E-state index in [2.05, 4.69) is 15.0 Å². The van der Waals surface area contributed by atoms with Crippen LogP contribution in [0.2, 0.25) is 0 Å². The van der Waals surface area contributed by atoms with Crippen molar-refractivity contribution >= 4 is 22.1 Å². The van der Waals surface area contributed by atoms with Crippen molar-refractivity contribution in [1.29, 1.82) is 0 Å². The van der Waals surface area contributed by atoms with E-state index >= 15 is 0 Å². The quantitative estimate of drug-likeness (QED) is 0.556. The average molecular weight is 391 g/mol. The number of nitrogens with zero attached hydrogens (tertiary/aromatic N) is 4. The number of nitrogens with one attached hydrogen (secondary N) is 1. The summed E-state index contributed by atoms with van der Waals surface area (Å²) in [6.45, 7) is 0. The van der Waals surface area contributed by atoms with Gasteiger partial charge in [0, 0.05) is 23.9 Å². The van der Waals surface area contributed by atoms with Crippen LogP contribution in [0.4, 0.5) is 0 Å². The molecule has 0 unspecified atom stereocenters. The molecule has 4 aromatic heterocycles. The van der Waals surface area contributed by atoms with Crippen LogP contribution in [0.3, 0.4) is 0 Å². The molecule has 1 aliphatic rings. The second kappa shape index (κ2) is 6.97. The van der Waals surface area contributed by atoms with Crippen LogP contribution in [0.5, 0.6) is 5.88 Å². The maximum Gasteiger partial charge on any atom is 0.326 e. The van der Waals surface area contributed by atoms with Crippen molar-refractivity contribution in [3.8, 4) is 17.1 Å². The second-order valence-electron chi connectivity index (χ2n) is 7.44. The van der Waals surface area contributed by atoms with Crippen molar-refractivity contribution < 1.29 is 9.84 Å². The van der Waals surface area contributed by atoms with E-state index in [4.69, 9.17) is 9.72 Å². The summed E-state index contributed by atoms with van der Waals surface area (Å²) in [6.07, 6.45) is 6.04. The van der Waals surface area contributed by atoms with Crippen molar-refractivity contribution in [3.63, 3.8) is 0 Å². The normalized spacial score (nSPS) is 19.7. The van der Waals surface area contributed by atoms with Gasteiger partial charge in [-0.15, -0.1) is 0 Å². The fourth-order valence-corrected chi connectivity index (χ4v) is 4.14. The molecule has 0 saturated heterocycles. The number of aliphatic hydroxyl groups is 1. The van der Waals surface area contributed by atoms with Gasteiger partial charge < -0.3 is 14.8 Å². The van der Waals surface area contributed by atoms with Gasteiger partial charge >= 0.3 is 5.69 Å². The van der Waals surface area contributed by atoms with Crippen LogP contribution in [0, 0.1) is 0 Å². The molecule has 148 valence electrons. The maximum absolute atomic E-state index is 12.8. The number of methoxy groups -OCH3 is 1. The van der Waals surface area contributed by atoms with Crippen molar-refractivity contribution in [2.75, 3.05) is 7.11 Å². The number of aromatic amines is 1. The predicted octanol–water partition coefficient (Wildman–Crippen LogP) is 2.82. The molecule has 0 amide bonds. The molecule has 8 nitrogen and oxygen atoms in total. The Labute approximate surface area is 166 Å². The minimum absolute atomic E-state index is 0.0401. The highest BCUT2D eigenvalue weighted by atomic mass is 16.5. The fraction of sp³-hybridized carbons (Fsp3) is 0.333. The largest absolute Gasteiger partial charge is 0.481 e. The summed E-state index contributed by atoms with van der Waals surface area (Å²) in [5.74, 6) is 0.539. The van der Waals surface area contributed by atoms with E-state index in [0.717, 1.165) is 35.1 Å². The number of aliphatic hydroxyl groups excluding tert-OH is 1. The van der Waals surface area contributed by atoms with E-state index in [0.29, 0.717) is 29.8 Å². The Morgan fingerprint density at radius 1 is 1.10 bits per heavy atom. The molecule has 29 heavy (non-hydrogen) atoms. The predicted molar refractivity (Wildman–Crippen MR) is 109 cm³/mol. The van der Waals surface area contributed by atoms with Gasteiger partial charge in [-0.2, -0.15) is 0 Å². The highest BCUT2D eigenvalue weighted by molar-refractivity contribution is 6.00. The summed E-state index contributed by atoms with van der Waals surface area (Å²) in [5, 5.41) is 9.85. The van der Waals surface area contributed by atoms with Crippen LogP contribution in [0.25, 0.3) is 33.3 Å². The lowest BCUT2D eigenvalue weighted by Crippen LogP contribution is -2.27. The first-order chi connectivity index (χ1) is 14.1. The summed E-state index contributed by atoms with van der Waals surface area (Å²) >= 11 is 0. The number of hydrogen-bond donors (Lipinski definition) is 2. The van der Waals surface area contributed by atoms with Crippen LogP contribution in [-0.2, 0) is 0 Å². The number of hydrogen-bond acceptors (Lipinski definition) is 6. The minimum atomic E-state index is -0.280. The van der Waals surface area contributed by atoms with E-state index < -0.39 is 0 Å². The van der Waals surface area contributed by atoms with E-state index in [-0.39, 0.29) is 17.8 Å². The van der Waals surface area contributed by atoms with Crippen molar-refractivity contribution in [2.45, 2.75) is 37.8 Å². The van der Waals surface area contributed by atoms with E-state index in [9.17, 15) is 9.90 Å². The van der Waals surface area contributed by atoms with Crippen LogP contribution in [0.15, 0.2) is 41.5 Å². The zero-order chi connectivity index (χ0) is 20.0. The molecule has 2 N–H and O–H groups in total. The molecule has 1 saturated carbocycles. The third-order valence-corrected chi connectivity index (χ3v) is 5.66. The molecular weight excluding hydrogens is 370 g/mol. The zero-order valence-electron chi connectivity index (χ0n) is 16.0. The number of H-pyrrole nitrogens is 1. The topological polar surface area (TPSA) is 106 Å². The van der Waals surface area contributed by atoms with Crippen molar-refractivity contribution in [3.05, 3.63) is 47.1 Å². The summed E-state index contributed by atoms with van der Waals surface area (Å²) < 4.78 is 6.92. The van der Waals surface area contributed by atoms with E-state index in [1.165, 1.54) is 0 Å². The monoisotopic (exact) mass is 391 g/mol. The SMILES string of the molecule is COc1ccc(-c2ccc3ncc4[nH]c(=O)n([C@H]5CC[C@H](O)CC5)c4c3n2)cn1. The van der Waals surface area contributed by atoms with Gasteiger partial charge in [-0.25, -0.2) is 14.8 Å². The molecule has 5 rings (SSSR count). The number of ether oxygens (including phenoxy) is 1. The van der Waals surface area contributed by atoms with Gasteiger partial charge in [0.05, 0.1) is 41.7 Å². The highest BCUT2D eigenvalue weighted by Crippen LogP contribution is 2.32. The number of aromatic nitrogens is 5. The lowest BCUT2D eigenvalue weighted by Gasteiger charge is -2.26. The third kappa shape index (κ3) is 3.05. The Bertz CT molecular complexity index is 1240. The standard InChI is InChI=1S/C21H21N5O3/c1-29-18-9-2-12(10-23-18)15-7-8-16-19(24-15)20-17(11-22-16)25-21(28)26(20)13-3-5-14(27)6-4-13/h2,7-11,13-14,27H,3-6H2,1H3,(H,25,28)/t13-,14-. The second-order valence-corrected chi connectivity index (χ2v) is 7.44. The molecule has 0 bridgehead atoms. The lowest BCUT2D eigenvalue weighted by atomic mass is 9.93. The number of rotatable bonds is 3. The minimum Gasteiger partial charge on any atom is -0.481 e. The van der Waals surface area contributed by atoms with Crippen LogP contribution >= 0.6 is 0 Å². The van der Waals surface area contributed by atoms with Gasteiger partial charge in [0.15, 0.2) is 0 Å². The summed E-state index contributed by atoms with van der Waals surface area (Å²) in [6, 6.07) is 7.54. The first-order valence-electron chi connectivity index (χ1n) is 9.72. The number of imidazole rings is 1. The van der Waals surface area contributed by atoms with Gasteiger partial charge in [-0.05, 0) is 43.9 Å². The lowest BCUT2D eigenvalue weighted by molar-refractivity contribution is 0.111. The average Bonchev–Trinajstić information content (AvgIpc) is 3.10. The molecule has 4 heterocycles. The molecule has 4 aromatic rings. The smallest absolute Gasteiger partial charge is 0.326 e. The molecule has 0 atom stereocenters. The van der Waals surface area contributed by atoms with Crippen LogP contribution in [-0.4, -0.2) is 42.8 Å². The first kappa shape index (κ1) is 17.8. The molecule has 0 radical (unpaired) electrons. The first-order valence-corrected chi connectivity index (χ1v) is 9.72. The summed E-state index contributed by atoms with van der Waals surface area (Å²) in [4.78, 5) is 29.2. The van der Waals surface area contributed by atoms with Crippen LogP contribution in [0.1, 0.15) is 31.7 Å². The molecule has 8 heteroatoms. The zero-order valence-corrected chi connectivity index (χ0v) is 16.0. The Morgan fingerprint density at radius 2 is 1.93 bits per heavy atom. The molecule has 0 aromatic carbocycles. The Kier molecular flexibility index (Phi) is 4.28. The van der Waals surface area contributed by atoms with Crippen LogP contribution < -0.4 is 10.4 Å². The van der Waals surface area contributed by atoms with Gasteiger partial charge in [-0.3, -0.25) is 9.55 Å². The van der Waals surface area contributed by atoms with Gasteiger partial charge in [0.25, 0.3) is 0 Å². The van der Waals surface area contributed by atoms with Gasteiger partial charge in [0.2, 0.25) is 5.88 Å². The van der Waals surface area contributed by atoms with Crippen molar-refractivity contribution in [1.82, 2.24) is 24.5 Å². The molecule has 1 fully saturated rings. The Morgan fingerprint density at radius 3 is 2.66 bits per heavy atom. The third-order valence-electron chi connectivity index (χ3n) is 5.66. The number of fused-ring (bicyclic) bond motifs is 3. The summed E-state index contributed by atoms with van der Waals surface area (Å²) in [5.41, 5.74) is 4.30. The molecule has 0 spiro atoms. The molecular formula is C21H21N5O3. The highest BCUT2D eigenvalue weighted by Gasteiger charge is 2.25.